The SMILES string of the molecule is CNS(=O)(=O)c1ccc(F)c(C(=O)N2CCC(CCN3[C@@H]4CC[C@H]3CC(n3c(C)nc5ccccc53)C4)(c3ccccc3)CC2)c1F. The minimum absolute atomic E-state index is 0.195. The van der Waals surface area contributed by atoms with E-state index in [4.69, 9.17) is 4.98 Å². The van der Waals surface area contributed by atoms with Gasteiger partial charge in [0, 0.05) is 31.2 Å². The molecule has 3 saturated heterocycles. The first-order valence-corrected chi connectivity index (χ1v) is 18.1. The minimum Gasteiger partial charge on any atom is -0.338 e. The van der Waals surface area contributed by atoms with Crippen LogP contribution in [0.4, 0.5) is 8.78 Å². The van der Waals surface area contributed by atoms with Crippen molar-refractivity contribution < 1.29 is 22.0 Å². The van der Waals surface area contributed by atoms with Crippen LogP contribution in [0, 0.1) is 18.6 Å². The van der Waals surface area contributed by atoms with Crippen molar-refractivity contribution >= 4 is 27.0 Å². The largest absolute Gasteiger partial charge is 0.338 e. The number of rotatable bonds is 8. The molecular weight excluding hydrogens is 620 g/mol. The number of carbonyl (C=O) groups excluding carboxylic acids is 1. The molecule has 0 spiro atoms. The van der Waals surface area contributed by atoms with Gasteiger partial charge in [-0.2, -0.15) is 0 Å². The molecule has 248 valence electrons. The molecule has 3 aliphatic heterocycles. The van der Waals surface area contributed by atoms with E-state index in [0.717, 1.165) is 56.3 Å². The van der Waals surface area contributed by atoms with Gasteiger partial charge in [-0.15, -0.1) is 0 Å². The number of sulfonamides is 1. The topological polar surface area (TPSA) is 87.5 Å². The van der Waals surface area contributed by atoms with Crippen LogP contribution in [0.1, 0.15) is 72.7 Å². The summed E-state index contributed by atoms with van der Waals surface area (Å²) in [5.74, 6) is -2.18. The molecule has 0 radical (unpaired) electrons. The molecule has 7 rings (SSSR count). The average Bonchev–Trinajstić information content (AvgIpc) is 3.54. The standard InChI is InChI=1S/C36H41F2N5O3S/c1-24-40-30-10-6-7-11-31(30)43(24)28-22-26-12-13-27(23-28)42(26)21-18-36(25-8-4-3-5-9-25)16-19-41(20-17-36)35(44)33-29(37)14-15-32(34(33)38)47(45,46)39-2/h3-11,14-15,26-28,39H,12-13,16-23H2,1-2H3/t26-,27+,28?. The fourth-order valence-electron chi connectivity index (χ4n) is 8.61. The van der Waals surface area contributed by atoms with Crippen LogP contribution in [-0.2, 0) is 15.4 Å². The van der Waals surface area contributed by atoms with Gasteiger partial charge in [0.25, 0.3) is 5.91 Å². The highest BCUT2D eigenvalue weighted by Gasteiger charge is 2.44. The Bertz CT molecular complexity index is 1890. The number of hydrogen-bond acceptors (Lipinski definition) is 5. The van der Waals surface area contributed by atoms with E-state index in [-0.39, 0.29) is 5.41 Å². The summed E-state index contributed by atoms with van der Waals surface area (Å²) in [5, 5.41) is 0. The summed E-state index contributed by atoms with van der Waals surface area (Å²) in [7, 11) is -3.07. The van der Waals surface area contributed by atoms with Gasteiger partial charge in [-0.05, 0) is 101 Å². The van der Waals surface area contributed by atoms with Crippen molar-refractivity contribution in [3.8, 4) is 0 Å². The van der Waals surface area contributed by atoms with Crippen LogP contribution >= 0.6 is 0 Å². The highest BCUT2D eigenvalue weighted by molar-refractivity contribution is 7.89. The molecule has 3 aliphatic rings. The van der Waals surface area contributed by atoms with E-state index in [0.29, 0.717) is 44.1 Å². The molecule has 4 heterocycles. The van der Waals surface area contributed by atoms with Crippen molar-refractivity contribution in [1.29, 1.82) is 0 Å². The second-order valence-electron chi connectivity index (χ2n) is 13.4. The van der Waals surface area contributed by atoms with Crippen molar-refractivity contribution in [2.45, 2.75) is 80.3 Å². The predicted molar refractivity (Wildman–Crippen MR) is 177 cm³/mol. The molecule has 47 heavy (non-hydrogen) atoms. The summed E-state index contributed by atoms with van der Waals surface area (Å²) < 4.78 is 59.3. The first-order chi connectivity index (χ1) is 22.6. The van der Waals surface area contributed by atoms with Crippen LogP contribution in [0.2, 0.25) is 0 Å². The Hall–Kier alpha value is -3.67. The monoisotopic (exact) mass is 661 g/mol. The second kappa shape index (κ2) is 12.4. The molecule has 1 aromatic heterocycles. The van der Waals surface area contributed by atoms with Gasteiger partial charge >= 0.3 is 0 Å². The van der Waals surface area contributed by atoms with E-state index in [1.165, 1.54) is 28.8 Å². The van der Waals surface area contributed by atoms with Gasteiger partial charge in [-0.3, -0.25) is 9.69 Å². The van der Waals surface area contributed by atoms with Crippen LogP contribution in [0.15, 0.2) is 71.6 Å². The number of para-hydroxylation sites is 2. The molecule has 4 aromatic rings. The molecule has 1 N–H and O–H groups in total. The van der Waals surface area contributed by atoms with E-state index < -0.39 is 38.0 Å². The molecule has 0 saturated carbocycles. The van der Waals surface area contributed by atoms with Gasteiger partial charge in [0.05, 0.1) is 11.0 Å². The van der Waals surface area contributed by atoms with E-state index >= 15 is 4.39 Å². The lowest BCUT2D eigenvalue weighted by Crippen LogP contribution is -2.49. The molecule has 0 aliphatic carbocycles. The summed E-state index contributed by atoms with van der Waals surface area (Å²) in [6.07, 6.45) is 6.77. The zero-order valence-corrected chi connectivity index (χ0v) is 27.6. The highest BCUT2D eigenvalue weighted by Crippen LogP contribution is 2.45. The number of nitrogens with one attached hydrogen (secondary N) is 1. The lowest BCUT2D eigenvalue weighted by molar-refractivity contribution is 0.0598. The molecule has 1 unspecified atom stereocenters. The van der Waals surface area contributed by atoms with Crippen molar-refractivity contribution in [3.63, 3.8) is 0 Å². The van der Waals surface area contributed by atoms with E-state index in [1.807, 2.05) is 29.0 Å². The van der Waals surface area contributed by atoms with Crippen LogP contribution in [0.25, 0.3) is 11.0 Å². The number of aryl methyl sites for hydroxylation is 1. The molecule has 3 atom stereocenters. The second-order valence-corrected chi connectivity index (χ2v) is 15.3. The maximum atomic E-state index is 15.3. The minimum atomic E-state index is -4.21. The van der Waals surface area contributed by atoms with Gasteiger partial charge in [0.2, 0.25) is 10.0 Å². The highest BCUT2D eigenvalue weighted by atomic mass is 32.2. The number of nitrogens with zero attached hydrogens (tertiary/aromatic N) is 4. The lowest BCUT2D eigenvalue weighted by atomic mass is 9.70. The third-order valence-corrected chi connectivity index (χ3v) is 12.5. The van der Waals surface area contributed by atoms with Gasteiger partial charge in [-0.1, -0.05) is 42.5 Å². The number of imidazole rings is 1. The van der Waals surface area contributed by atoms with Crippen molar-refractivity contribution in [2.24, 2.45) is 0 Å². The van der Waals surface area contributed by atoms with E-state index in [9.17, 15) is 17.6 Å². The Morgan fingerprint density at radius 3 is 2.28 bits per heavy atom. The Morgan fingerprint density at radius 2 is 1.60 bits per heavy atom. The molecular formula is C36H41F2N5O3S. The number of benzene rings is 3. The third kappa shape index (κ3) is 5.66. The van der Waals surface area contributed by atoms with Crippen LogP contribution in [0.3, 0.4) is 0 Å². The summed E-state index contributed by atoms with van der Waals surface area (Å²) >= 11 is 0. The fraction of sp³-hybridized carbons (Fsp3) is 0.444. The van der Waals surface area contributed by atoms with Crippen LogP contribution in [0.5, 0.6) is 0 Å². The quantitative estimate of drug-likeness (QED) is 0.252. The van der Waals surface area contributed by atoms with E-state index in [2.05, 4.69) is 46.7 Å². The number of amides is 1. The Labute approximate surface area is 274 Å². The van der Waals surface area contributed by atoms with Crippen LogP contribution in [-0.4, -0.2) is 72.4 Å². The average molecular weight is 662 g/mol. The van der Waals surface area contributed by atoms with Crippen molar-refractivity contribution in [3.05, 3.63) is 95.3 Å². The molecule has 2 bridgehead atoms. The number of aromatic nitrogens is 2. The third-order valence-electron chi connectivity index (χ3n) is 11.1. The molecule has 11 heteroatoms. The number of likely N-dealkylation sites (tertiary alicyclic amines) is 1. The fourth-order valence-corrected chi connectivity index (χ4v) is 9.41. The maximum absolute atomic E-state index is 15.3. The van der Waals surface area contributed by atoms with Gasteiger partial charge in [0.1, 0.15) is 22.1 Å². The zero-order chi connectivity index (χ0) is 32.9. The smallest absolute Gasteiger partial charge is 0.259 e. The predicted octanol–water partition coefficient (Wildman–Crippen LogP) is 5.96. The summed E-state index contributed by atoms with van der Waals surface area (Å²) in [5.41, 5.74) is 2.46. The normalized spacial score (nSPS) is 23.0. The number of halogens is 2. The Morgan fingerprint density at radius 1 is 0.936 bits per heavy atom. The van der Waals surface area contributed by atoms with Crippen molar-refractivity contribution in [1.82, 2.24) is 24.1 Å². The van der Waals surface area contributed by atoms with E-state index in [1.54, 1.807) is 0 Å². The molecule has 3 aromatic carbocycles. The number of carbonyl (C=O) groups is 1. The van der Waals surface area contributed by atoms with Gasteiger partial charge < -0.3 is 9.47 Å². The Balaban J connectivity index is 1.08. The van der Waals surface area contributed by atoms with Gasteiger partial charge in [-0.25, -0.2) is 26.9 Å². The summed E-state index contributed by atoms with van der Waals surface area (Å²) in [6.45, 7) is 3.69. The number of fused-ring (bicyclic) bond motifs is 3. The lowest BCUT2D eigenvalue weighted by Gasteiger charge is -2.45. The Kier molecular flexibility index (Phi) is 8.42. The first-order valence-electron chi connectivity index (χ1n) is 16.6. The summed E-state index contributed by atoms with van der Waals surface area (Å²) in [4.78, 5) is 21.8. The molecule has 3 fully saturated rings. The number of piperidine rings is 2. The number of hydrogen-bond donors (Lipinski definition) is 1. The van der Waals surface area contributed by atoms with Crippen LogP contribution < -0.4 is 4.72 Å². The van der Waals surface area contributed by atoms with Gasteiger partial charge in [0.15, 0.2) is 5.82 Å². The zero-order valence-electron chi connectivity index (χ0n) is 26.8. The first kappa shape index (κ1) is 31.9. The summed E-state index contributed by atoms with van der Waals surface area (Å²) in [6, 6.07) is 21.9. The molecule has 1 amide bonds. The maximum Gasteiger partial charge on any atom is 0.259 e. The molecule has 8 nitrogen and oxygen atoms in total. The van der Waals surface area contributed by atoms with Crippen molar-refractivity contribution in [2.75, 3.05) is 26.7 Å².